The van der Waals surface area contributed by atoms with E-state index in [0.717, 1.165) is 6.42 Å². The molecule has 32 heavy (non-hydrogen) atoms. The molecule has 0 aliphatic rings. The van der Waals surface area contributed by atoms with Crippen LogP contribution in [0.15, 0.2) is 24.4 Å². The van der Waals surface area contributed by atoms with Gasteiger partial charge in [-0.3, -0.25) is 19.7 Å². The molecule has 1 aromatic heterocycles. The third kappa shape index (κ3) is 6.50. The minimum atomic E-state index is -0.586. The fourth-order valence-electron chi connectivity index (χ4n) is 3.04. The molecule has 0 radical (unpaired) electrons. The maximum atomic E-state index is 12.1. The van der Waals surface area contributed by atoms with Gasteiger partial charge in [0.2, 0.25) is 5.91 Å². The Balaban J connectivity index is 2.09. The lowest BCUT2D eigenvalue weighted by atomic mass is 10.1. The lowest BCUT2D eigenvalue weighted by Gasteiger charge is -2.25. The number of benzene rings is 1. The molecule has 0 N–H and O–H groups in total. The van der Waals surface area contributed by atoms with E-state index in [2.05, 4.69) is 15.0 Å². The summed E-state index contributed by atoms with van der Waals surface area (Å²) in [5.41, 5.74) is 0.170. The number of ether oxygens (including phenoxy) is 2. The van der Waals surface area contributed by atoms with Crippen molar-refractivity contribution in [3.63, 3.8) is 0 Å². The fraction of sp³-hybridized carbons (Fsp3) is 0.524. The standard InChI is InChI=1S/C21H29N5O6/c1-5-9-24(20(28)6-2)11-17-12-25(23-22-17)21(3,4)14-32-18-7-8-19(26(29)30)16(10-18)13-31-15-27/h7-8,10,12,15H,5-6,9,11,13-14H2,1-4H3. The topological polar surface area (TPSA) is 130 Å². The zero-order valence-corrected chi connectivity index (χ0v) is 18.8. The van der Waals surface area contributed by atoms with Crippen LogP contribution in [0.25, 0.3) is 0 Å². The zero-order valence-electron chi connectivity index (χ0n) is 18.8. The molecule has 0 aliphatic carbocycles. The summed E-state index contributed by atoms with van der Waals surface area (Å²) in [5, 5.41) is 19.5. The number of nitro benzene ring substituents is 1. The van der Waals surface area contributed by atoms with Crippen LogP contribution in [0.2, 0.25) is 0 Å². The van der Waals surface area contributed by atoms with Crippen LogP contribution in [0.1, 0.15) is 51.8 Å². The van der Waals surface area contributed by atoms with E-state index >= 15 is 0 Å². The van der Waals surface area contributed by atoms with Gasteiger partial charge in [0.05, 0.1) is 28.8 Å². The van der Waals surface area contributed by atoms with Crippen LogP contribution in [-0.2, 0) is 33.0 Å². The van der Waals surface area contributed by atoms with Crippen molar-refractivity contribution in [2.75, 3.05) is 13.2 Å². The number of hydrogen-bond donors (Lipinski definition) is 0. The molecule has 2 aromatic rings. The second kappa shape index (κ2) is 11.2. The second-order valence-electron chi connectivity index (χ2n) is 7.88. The highest BCUT2D eigenvalue weighted by Gasteiger charge is 2.25. The van der Waals surface area contributed by atoms with Crippen molar-refractivity contribution < 1.29 is 24.0 Å². The first-order chi connectivity index (χ1) is 15.2. The Kier molecular flexibility index (Phi) is 8.68. The number of carbonyl (C=O) groups excluding carboxylic acids is 2. The molecule has 0 saturated carbocycles. The fourth-order valence-corrected chi connectivity index (χ4v) is 3.04. The third-order valence-electron chi connectivity index (χ3n) is 4.81. The van der Waals surface area contributed by atoms with Gasteiger partial charge in [-0.2, -0.15) is 0 Å². The molecule has 174 valence electrons. The minimum Gasteiger partial charge on any atom is -0.491 e. The highest BCUT2D eigenvalue weighted by molar-refractivity contribution is 5.75. The summed E-state index contributed by atoms with van der Waals surface area (Å²) in [7, 11) is 0. The summed E-state index contributed by atoms with van der Waals surface area (Å²) in [6, 6.07) is 4.28. The van der Waals surface area contributed by atoms with Gasteiger partial charge in [0, 0.05) is 19.0 Å². The summed E-state index contributed by atoms with van der Waals surface area (Å²) in [5.74, 6) is 0.465. The molecule has 2 rings (SSSR count). The Morgan fingerprint density at radius 1 is 1.34 bits per heavy atom. The SMILES string of the molecule is CCCN(Cc1cn(C(C)(C)COc2ccc([N+](=O)[O-])c(COC=O)c2)nn1)C(=O)CC. The van der Waals surface area contributed by atoms with Crippen LogP contribution in [0.4, 0.5) is 5.69 Å². The molecule has 0 fully saturated rings. The number of hydrogen-bond acceptors (Lipinski definition) is 8. The Morgan fingerprint density at radius 3 is 2.72 bits per heavy atom. The van der Waals surface area contributed by atoms with Gasteiger partial charge in [-0.25, -0.2) is 4.68 Å². The van der Waals surface area contributed by atoms with Crippen LogP contribution >= 0.6 is 0 Å². The zero-order chi connectivity index (χ0) is 23.7. The van der Waals surface area contributed by atoms with E-state index in [1.54, 1.807) is 15.8 Å². The van der Waals surface area contributed by atoms with E-state index in [9.17, 15) is 19.7 Å². The molecule has 11 nitrogen and oxygen atoms in total. The van der Waals surface area contributed by atoms with Gasteiger partial charge < -0.3 is 14.4 Å². The average molecular weight is 447 g/mol. The number of nitrogens with zero attached hydrogens (tertiary/aromatic N) is 5. The van der Waals surface area contributed by atoms with Crippen LogP contribution in [0, 0.1) is 10.1 Å². The predicted octanol–water partition coefficient (Wildman–Crippen LogP) is 2.82. The van der Waals surface area contributed by atoms with Crippen molar-refractivity contribution in [1.82, 2.24) is 19.9 Å². The number of nitro groups is 1. The molecule has 0 bridgehead atoms. The van der Waals surface area contributed by atoms with Crippen molar-refractivity contribution in [2.24, 2.45) is 0 Å². The lowest BCUT2D eigenvalue weighted by molar-refractivity contribution is -0.385. The molecule has 0 saturated heterocycles. The lowest BCUT2D eigenvalue weighted by Crippen LogP contribution is -2.34. The quantitative estimate of drug-likeness (QED) is 0.260. The largest absolute Gasteiger partial charge is 0.491 e. The number of aromatic nitrogens is 3. The van der Waals surface area contributed by atoms with Gasteiger partial charge in [0.15, 0.2) is 0 Å². The van der Waals surface area contributed by atoms with Crippen molar-refractivity contribution in [3.8, 4) is 5.75 Å². The molecule has 0 unspecified atom stereocenters. The first-order valence-corrected chi connectivity index (χ1v) is 10.4. The number of amides is 1. The Bertz CT molecular complexity index is 943. The first kappa shape index (κ1) is 24.8. The maximum absolute atomic E-state index is 12.1. The Hall–Kier alpha value is -3.50. The highest BCUT2D eigenvalue weighted by Crippen LogP contribution is 2.26. The van der Waals surface area contributed by atoms with Crippen LogP contribution in [0.5, 0.6) is 5.75 Å². The normalized spacial score (nSPS) is 11.1. The van der Waals surface area contributed by atoms with Gasteiger partial charge in [-0.15, -0.1) is 5.10 Å². The van der Waals surface area contributed by atoms with E-state index in [1.165, 1.54) is 18.2 Å². The van der Waals surface area contributed by atoms with Gasteiger partial charge in [0.1, 0.15) is 24.7 Å². The van der Waals surface area contributed by atoms with Crippen molar-refractivity contribution in [2.45, 2.75) is 59.2 Å². The Morgan fingerprint density at radius 2 is 2.09 bits per heavy atom. The molecule has 1 amide bonds. The summed E-state index contributed by atoms with van der Waals surface area (Å²) >= 11 is 0. The summed E-state index contributed by atoms with van der Waals surface area (Å²) < 4.78 is 12.2. The van der Waals surface area contributed by atoms with Crippen LogP contribution < -0.4 is 4.74 Å². The second-order valence-corrected chi connectivity index (χ2v) is 7.88. The van der Waals surface area contributed by atoms with Crippen molar-refractivity contribution in [3.05, 3.63) is 45.8 Å². The van der Waals surface area contributed by atoms with E-state index in [1.807, 2.05) is 27.7 Å². The smallest absolute Gasteiger partial charge is 0.293 e. The number of carbonyl (C=O) groups is 2. The molecule has 0 atom stereocenters. The van der Waals surface area contributed by atoms with Gasteiger partial charge in [-0.05, 0) is 32.4 Å². The summed E-state index contributed by atoms with van der Waals surface area (Å²) in [4.78, 5) is 34.9. The van der Waals surface area contributed by atoms with Crippen molar-refractivity contribution in [1.29, 1.82) is 0 Å². The molecule has 1 heterocycles. The molecular weight excluding hydrogens is 418 g/mol. The van der Waals surface area contributed by atoms with Crippen LogP contribution in [-0.4, -0.2) is 50.3 Å². The van der Waals surface area contributed by atoms with Crippen molar-refractivity contribution >= 4 is 18.1 Å². The molecule has 0 spiro atoms. The highest BCUT2D eigenvalue weighted by atomic mass is 16.6. The predicted molar refractivity (Wildman–Crippen MR) is 115 cm³/mol. The van der Waals surface area contributed by atoms with E-state index in [0.29, 0.717) is 31.0 Å². The summed E-state index contributed by atoms with van der Waals surface area (Å²) in [6.45, 7) is 8.92. The van der Waals surface area contributed by atoms with E-state index in [-0.39, 0.29) is 36.8 Å². The average Bonchev–Trinajstić information content (AvgIpc) is 3.25. The Labute approximate surface area is 186 Å². The minimum absolute atomic E-state index is 0.0662. The number of rotatable bonds is 13. The first-order valence-electron chi connectivity index (χ1n) is 10.4. The summed E-state index contributed by atoms with van der Waals surface area (Å²) in [6.07, 6.45) is 3.07. The molecule has 1 aromatic carbocycles. The van der Waals surface area contributed by atoms with Gasteiger partial charge >= 0.3 is 0 Å². The van der Waals surface area contributed by atoms with E-state index < -0.39 is 10.5 Å². The maximum Gasteiger partial charge on any atom is 0.293 e. The van der Waals surface area contributed by atoms with E-state index in [4.69, 9.17) is 4.74 Å². The monoisotopic (exact) mass is 447 g/mol. The van der Waals surface area contributed by atoms with Crippen LogP contribution in [0.3, 0.4) is 0 Å². The molecule has 11 heteroatoms. The molecular formula is C21H29N5O6. The van der Waals surface area contributed by atoms with Gasteiger partial charge in [0.25, 0.3) is 12.2 Å². The molecule has 0 aliphatic heterocycles. The third-order valence-corrected chi connectivity index (χ3v) is 4.81. The van der Waals surface area contributed by atoms with Gasteiger partial charge in [-0.1, -0.05) is 19.1 Å².